The number of aromatic nitrogens is 1. The maximum absolute atomic E-state index is 13.2. The second kappa shape index (κ2) is 10.0. The molecule has 2 N–H and O–H groups in total. The highest BCUT2D eigenvalue weighted by molar-refractivity contribution is 5.95. The fourth-order valence-corrected chi connectivity index (χ4v) is 3.32. The SMILES string of the molecule is Cl.O=C(c1ccc([N+](=O)[O-])c(O)c1)N(Cc1ccccn1)C1CCCNCC1. The number of aromatic hydroxyl groups is 1. The molecule has 8 nitrogen and oxygen atoms in total. The Hall–Kier alpha value is -2.71. The highest BCUT2D eigenvalue weighted by Gasteiger charge is 2.27. The molecule has 0 saturated carbocycles. The number of nitro benzene ring substituents is 1. The van der Waals surface area contributed by atoms with E-state index in [4.69, 9.17) is 0 Å². The van der Waals surface area contributed by atoms with Gasteiger partial charge >= 0.3 is 5.69 Å². The number of pyridine rings is 1. The number of halogens is 1. The first-order chi connectivity index (χ1) is 13.1. The molecular formula is C19H23ClN4O4. The summed E-state index contributed by atoms with van der Waals surface area (Å²) in [5.74, 6) is -0.774. The number of phenols is 1. The van der Waals surface area contributed by atoms with Crippen molar-refractivity contribution in [1.82, 2.24) is 15.2 Å². The molecule has 1 saturated heterocycles. The van der Waals surface area contributed by atoms with Gasteiger partial charge in [0.15, 0.2) is 5.75 Å². The van der Waals surface area contributed by atoms with E-state index in [0.29, 0.717) is 6.54 Å². The number of phenolic OH excluding ortho intramolecular Hbond substituents is 1. The Balaban J connectivity index is 0.00000280. The Kier molecular flexibility index (Phi) is 7.71. The molecule has 1 fully saturated rings. The first-order valence-electron chi connectivity index (χ1n) is 8.95. The minimum atomic E-state index is -0.674. The summed E-state index contributed by atoms with van der Waals surface area (Å²) in [6, 6.07) is 9.31. The van der Waals surface area contributed by atoms with Gasteiger partial charge in [0, 0.05) is 23.9 Å². The monoisotopic (exact) mass is 406 g/mol. The first kappa shape index (κ1) is 21.6. The van der Waals surface area contributed by atoms with E-state index >= 15 is 0 Å². The predicted octanol–water partition coefficient (Wildman–Crippen LogP) is 2.90. The lowest BCUT2D eigenvalue weighted by atomic mass is 10.0. The van der Waals surface area contributed by atoms with Crippen molar-refractivity contribution in [3.05, 3.63) is 64.0 Å². The molecule has 1 aromatic heterocycles. The number of carbonyl (C=O) groups excluding carboxylic acids is 1. The van der Waals surface area contributed by atoms with E-state index in [1.807, 2.05) is 18.2 Å². The van der Waals surface area contributed by atoms with E-state index in [0.717, 1.165) is 44.1 Å². The molecule has 2 aromatic rings. The lowest BCUT2D eigenvalue weighted by Gasteiger charge is -2.31. The largest absolute Gasteiger partial charge is 0.502 e. The molecule has 0 radical (unpaired) electrons. The second-order valence-corrected chi connectivity index (χ2v) is 6.55. The maximum atomic E-state index is 13.2. The number of carbonyl (C=O) groups is 1. The number of hydrogen-bond donors (Lipinski definition) is 2. The molecule has 1 aromatic carbocycles. The zero-order valence-electron chi connectivity index (χ0n) is 15.3. The average Bonchev–Trinajstić information content (AvgIpc) is 2.95. The number of nitrogens with one attached hydrogen (secondary N) is 1. The smallest absolute Gasteiger partial charge is 0.310 e. The summed E-state index contributed by atoms with van der Waals surface area (Å²) >= 11 is 0. The summed E-state index contributed by atoms with van der Waals surface area (Å²) in [7, 11) is 0. The fourth-order valence-electron chi connectivity index (χ4n) is 3.32. The van der Waals surface area contributed by atoms with Gasteiger partial charge in [0.05, 0.1) is 17.2 Å². The lowest BCUT2D eigenvalue weighted by molar-refractivity contribution is -0.385. The topological polar surface area (TPSA) is 109 Å². The quantitative estimate of drug-likeness (QED) is 0.583. The van der Waals surface area contributed by atoms with Crippen LogP contribution in [0, 0.1) is 10.1 Å². The molecule has 9 heteroatoms. The third-order valence-corrected chi connectivity index (χ3v) is 4.72. The van der Waals surface area contributed by atoms with E-state index in [1.165, 1.54) is 12.1 Å². The number of nitrogens with zero attached hydrogens (tertiary/aromatic N) is 3. The van der Waals surface area contributed by atoms with E-state index in [1.54, 1.807) is 11.1 Å². The van der Waals surface area contributed by atoms with Crippen LogP contribution in [0.3, 0.4) is 0 Å². The van der Waals surface area contributed by atoms with Gasteiger partial charge in [-0.25, -0.2) is 0 Å². The number of benzene rings is 1. The van der Waals surface area contributed by atoms with Crippen LogP contribution in [0.25, 0.3) is 0 Å². The van der Waals surface area contributed by atoms with Gasteiger partial charge in [-0.3, -0.25) is 19.9 Å². The average molecular weight is 407 g/mol. The highest BCUT2D eigenvalue weighted by atomic mass is 35.5. The van der Waals surface area contributed by atoms with Gasteiger partial charge in [-0.2, -0.15) is 0 Å². The van der Waals surface area contributed by atoms with Crippen molar-refractivity contribution in [2.24, 2.45) is 0 Å². The predicted molar refractivity (Wildman–Crippen MR) is 107 cm³/mol. The zero-order valence-corrected chi connectivity index (χ0v) is 16.1. The van der Waals surface area contributed by atoms with Gasteiger partial charge in [0.1, 0.15) is 0 Å². The van der Waals surface area contributed by atoms with Crippen molar-refractivity contribution in [1.29, 1.82) is 0 Å². The van der Waals surface area contributed by atoms with Crippen molar-refractivity contribution in [3.8, 4) is 5.75 Å². The Morgan fingerprint density at radius 3 is 2.79 bits per heavy atom. The minimum absolute atomic E-state index is 0. The van der Waals surface area contributed by atoms with Crippen molar-refractivity contribution in [2.45, 2.75) is 31.8 Å². The number of nitro groups is 1. The summed E-state index contributed by atoms with van der Waals surface area (Å²) in [6.45, 7) is 2.09. The van der Waals surface area contributed by atoms with Gasteiger partial charge in [-0.05, 0) is 56.6 Å². The van der Waals surface area contributed by atoms with Crippen LogP contribution in [-0.2, 0) is 6.54 Å². The Morgan fingerprint density at radius 1 is 1.29 bits per heavy atom. The molecule has 1 aliphatic heterocycles. The summed E-state index contributed by atoms with van der Waals surface area (Å²) in [6.07, 6.45) is 4.33. The van der Waals surface area contributed by atoms with Crippen LogP contribution >= 0.6 is 12.4 Å². The summed E-state index contributed by atoms with van der Waals surface area (Å²) in [5.41, 5.74) is 0.585. The fraction of sp³-hybridized carbons (Fsp3) is 0.368. The third kappa shape index (κ3) is 5.17. The molecule has 28 heavy (non-hydrogen) atoms. The van der Waals surface area contributed by atoms with Crippen molar-refractivity contribution >= 4 is 24.0 Å². The first-order valence-corrected chi connectivity index (χ1v) is 8.95. The second-order valence-electron chi connectivity index (χ2n) is 6.55. The molecule has 150 valence electrons. The minimum Gasteiger partial charge on any atom is -0.502 e. The lowest BCUT2D eigenvalue weighted by Crippen LogP contribution is -2.40. The molecule has 2 heterocycles. The molecule has 0 bridgehead atoms. The molecule has 1 aliphatic rings. The van der Waals surface area contributed by atoms with Crippen molar-refractivity contribution in [2.75, 3.05) is 13.1 Å². The molecule has 0 aliphatic carbocycles. The van der Waals surface area contributed by atoms with Crippen LogP contribution in [0.15, 0.2) is 42.6 Å². The van der Waals surface area contributed by atoms with Gasteiger partial charge in [0.25, 0.3) is 5.91 Å². The van der Waals surface area contributed by atoms with Crippen LogP contribution in [-0.4, -0.2) is 45.0 Å². The summed E-state index contributed by atoms with van der Waals surface area (Å²) < 4.78 is 0. The number of hydrogen-bond acceptors (Lipinski definition) is 6. The van der Waals surface area contributed by atoms with Crippen LogP contribution < -0.4 is 5.32 Å². The van der Waals surface area contributed by atoms with E-state index < -0.39 is 16.4 Å². The summed E-state index contributed by atoms with van der Waals surface area (Å²) in [5, 5.41) is 24.1. The standard InChI is InChI=1S/C19H22N4O4.ClH/c24-18-12-14(6-7-17(18)23(26)27)19(25)22(13-15-4-1-2-10-21-15)16-5-3-9-20-11-8-16;/h1-2,4,6-7,10,12,16,20,24H,3,5,8-9,11,13H2;1H. The van der Waals surface area contributed by atoms with Gasteiger partial charge in [0.2, 0.25) is 0 Å². The van der Waals surface area contributed by atoms with E-state index in [2.05, 4.69) is 10.3 Å². The molecule has 1 unspecified atom stereocenters. The Morgan fingerprint density at radius 2 is 2.11 bits per heavy atom. The summed E-state index contributed by atoms with van der Waals surface area (Å²) in [4.78, 5) is 29.5. The van der Waals surface area contributed by atoms with Crippen LogP contribution in [0.5, 0.6) is 5.75 Å². The Labute approximate surface area is 169 Å². The molecule has 1 amide bonds. The van der Waals surface area contributed by atoms with Crippen LogP contribution in [0.4, 0.5) is 5.69 Å². The maximum Gasteiger partial charge on any atom is 0.310 e. The Bertz CT molecular complexity index is 811. The zero-order chi connectivity index (χ0) is 19.2. The molecular weight excluding hydrogens is 384 g/mol. The van der Waals surface area contributed by atoms with Crippen molar-refractivity contribution in [3.63, 3.8) is 0 Å². The molecule has 1 atom stereocenters. The normalized spacial score (nSPS) is 16.5. The number of rotatable bonds is 5. The van der Waals surface area contributed by atoms with Gasteiger partial charge < -0.3 is 15.3 Å². The third-order valence-electron chi connectivity index (χ3n) is 4.72. The molecule has 3 rings (SSSR count). The number of amides is 1. The van der Waals surface area contributed by atoms with Crippen molar-refractivity contribution < 1.29 is 14.8 Å². The van der Waals surface area contributed by atoms with Gasteiger partial charge in [-0.1, -0.05) is 6.07 Å². The van der Waals surface area contributed by atoms with Crippen LogP contribution in [0.1, 0.15) is 35.3 Å². The van der Waals surface area contributed by atoms with Gasteiger partial charge in [-0.15, -0.1) is 12.4 Å². The van der Waals surface area contributed by atoms with E-state index in [9.17, 15) is 20.0 Å². The molecule has 0 spiro atoms. The van der Waals surface area contributed by atoms with Crippen LogP contribution in [0.2, 0.25) is 0 Å². The van der Waals surface area contributed by atoms with E-state index in [-0.39, 0.29) is 29.9 Å². The highest BCUT2D eigenvalue weighted by Crippen LogP contribution is 2.28.